The van der Waals surface area contributed by atoms with Crippen molar-refractivity contribution >= 4 is 22.9 Å². The number of fused-ring (bicyclic) bond motifs is 1. The second kappa shape index (κ2) is 6.28. The lowest BCUT2D eigenvalue weighted by atomic mass is 10.1. The van der Waals surface area contributed by atoms with Crippen molar-refractivity contribution in [2.45, 2.75) is 26.1 Å². The number of hydrogen-bond donors (Lipinski definition) is 0. The van der Waals surface area contributed by atoms with Crippen LogP contribution in [-0.4, -0.2) is 41.1 Å². The van der Waals surface area contributed by atoms with Crippen molar-refractivity contribution in [1.29, 1.82) is 0 Å². The second-order valence-electron chi connectivity index (χ2n) is 5.76. The zero-order chi connectivity index (χ0) is 15.5. The predicted octanol–water partition coefficient (Wildman–Crippen LogP) is 2.88. The van der Waals surface area contributed by atoms with Crippen LogP contribution in [0.15, 0.2) is 42.6 Å². The molecule has 2 heterocycles. The monoisotopic (exact) mass is 296 g/mol. The third-order valence-corrected chi connectivity index (χ3v) is 3.80. The van der Waals surface area contributed by atoms with E-state index < -0.39 is 0 Å². The zero-order valence-corrected chi connectivity index (χ0v) is 12.9. The molecule has 0 spiro atoms. The second-order valence-corrected chi connectivity index (χ2v) is 5.76. The van der Waals surface area contributed by atoms with Crippen molar-refractivity contribution in [3.63, 3.8) is 0 Å². The Balaban J connectivity index is 1.79. The maximum absolute atomic E-state index is 12.4. The lowest BCUT2D eigenvalue weighted by Crippen LogP contribution is -2.47. The van der Waals surface area contributed by atoms with E-state index in [1.165, 1.54) is 0 Å². The number of benzene rings is 1. The number of ether oxygens (including phenoxy) is 1. The summed E-state index contributed by atoms with van der Waals surface area (Å²) in [7, 11) is 0. The van der Waals surface area contributed by atoms with Gasteiger partial charge in [0.1, 0.15) is 0 Å². The van der Waals surface area contributed by atoms with Gasteiger partial charge in [0.25, 0.3) is 0 Å². The van der Waals surface area contributed by atoms with Gasteiger partial charge in [-0.1, -0.05) is 24.3 Å². The quantitative estimate of drug-likeness (QED) is 0.800. The maximum Gasteiger partial charge on any atom is 0.246 e. The number of rotatable bonds is 2. The molecule has 2 unspecified atom stereocenters. The number of nitrogens with zero attached hydrogens (tertiary/aromatic N) is 2. The summed E-state index contributed by atoms with van der Waals surface area (Å²) in [5.41, 5.74) is 1.87. The average molecular weight is 296 g/mol. The lowest BCUT2D eigenvalue weighted by molar-refractivity contribution is -0.137. The van der Waals surface area contributed by atoms with Crippen LogP contribution in [0.4, 0.5) is 0 Å². The Kier molecular flexibility index (Phi) is 4.20. The molecule has 1 fully saturated rings. The van der Waals surface area contributed by atoms with E-state index in [-0.39, 0.29) is 18.1 Å². The number of pyridine rings is 1. The molecule has 2 aromatic rings. The Morgan fingerprint density at radius 3 is 2.73 bits per heavy atom. The van der Waals surface area contributed by atoms with E-state index in [2.05, 4.69) is 4.98 Å². The molecule has 2 atom stereocenters. The van der Waals surface area contributed by atoms with Crippen LogP contribution in [0.3, 0.4) is 0 Å². The molecule has 0 bridgehead atoms. The molecular formula is C18H20N2O2. The summed E-state index contributed by atoms with van der Waals surface area (Å²) >= 11 is 0. The van der Waals surface area contributed by atoms with Gasteiger partial charge >= 0.3 is 0 Å². The summed E-state index contributed by atoms with van der Waals surface area (Å²) in [6.07, 6.45) is 5.42. The summed E-state index contributed by atoms with van der Waals surface area (Å²) in [5, 5.41) is 1.07. The average Bonchev–Trinajstić information content (AvgIpc) is 2.51. The van der Waals surface area contributed by atoms with E-state index in [4.69, 9.17) is 4.74 Å². The highest BCUT2D eigenvalue weighted by atomic mass is 16.5. The number of hydrogen-bond acceptors (Lipinski definition) is 3. The molecule has 114 valence electrons. The van der Waals surface area contributed by atoms with Crippen molar-refractivity contribution < 1.29 is 9.53 Å². The first-order valence-electron chi connectivity index (χ1n) is 7.59. The van der Waals surface area contributed by atoms with Crippen LogP contribution in [0.2, 0.25) is 0 Å². The molecule has 0 aliphatic carbocycles. The number of carbonyl (C=O) groups is 1. The maximum atomic E-state index is 12.4. The van der Waals surface area contributed by atoms with Gasteiger partial charge in [0.05, 0.1) is 17.7 Å². The van der Waals surface area contributed by atoms with E-state index in [1.807, 2.05) is 55.2 Å². The van der Waals surface area contributed by atoms with Crippen molar-refractivity contribution in [2.24, 2.45) is 0 Å². The first-order valence-corrected chi connectivity index (χ1v) is 7.59. The molecule has 0 saturated carbocycles. The first-order chi connectivity index (χ1) is 10.6. The van der Waals surface area contributed by atoms with Crippen LogP contribution in [-0.2, 0) is 9.53 Å². The fourth-order valence-corrected chi connectivity index (χ4v) is 2.89. The van der Waals surface area contributed by atoms with Gasteiger partial charge in [0.2, 0.25) is 5.91 Å². The molecule has 1 aromatic carbocycles. The third kappa shape index (κ3) is 3.17. The summed E-state index contributed by atoms with van der Waals surface area (Å²) in [6.45, 7) is 5.27. The van der Waals surface area contributed by atoms with E-state index in [1.54, 1.807) is 12.3 Å². The van der Waals surface area contributed by atoms with Crippen LogP contribution in [0, 0.1) is 0 Å². The molecule has 4 nitrogen and oxygen atoms in total. The topological polar surface area (TPSA) is 42.4 Å². The Morgan fingerprint density at radius 1 is 1.23 bits per heavy atom. The highest BCUT2D eigenvalue weighted by Crippen LogP contribution is 2.18. The molecule has 22 heavy (non-hydrogen) atoms. The molecule has 3 rings (SSSR count). The fourth-order valence-electron chi connectivity index (χ4n) is 2.89. The molecule has 1 aromatic heterocycles. The summed E-state index contributed by atoms with van der Waals surface area (Å²) in [4.78, 5) is 18.6. The van der Waals surface area contributed by atoms with Crippen molar-refractivity contribution in [3.8, 4) is 0 Å². The molecule has 1 saturated heterocycles. The van der Waals surface area contributed by atoms with Crippen LogP contribution in [0.5, 0.6) is 0 Å². The summed E-state index contributed by atoms with van der Waals surface area (Å²) in [5.74, 6) is 0.0231. The van der Waals surface area contributed by atoms with E-state index in [9.17, 15) is 4.79 Å². The normalized spacial score (nSPS) is 22.4. The summed E-state index contributed by atoms with van der Waals surface area (Å²) in [6, 6.07) is 9.91. The Morgan fingerprint density at radius 2 is 1.95 bits per heavy atom. The minimum atomic E-state index is 0.0231. The van der Waals surface area contributed by atoms with Crippen molar-refractivity contribution in [3.05, 3.63) is 48.2 Å². The number of carbonyl (C=O) groups excluding carboxylic acids is 1. The van der Waals surface area contributed by atoms with Gasteiger partial charge in [0, 0.05) is 36.3 Å². The molecular weight excluding hydrogens is 276 g/mol. The molecule has 4 heteroatoms. The Labute approximate surface area is 130 Å². The van der Waals surface area contributed by atoms with Gasteiger partial charge in [0.15, 0.2) is 0 Å². The van der Waals surface area contributed by atoms with Crippen molar-refractivity contribution in [1.82, 2.24) is 9.88 Å². The van der Waals surface area contributed by atoms with Crippen LogP contribution in [0.25, 0.3) is 17.0 Å². The summed E-state index contributed by atoms with van der Waals surface area (Å²) < 4.78 is 5.66. The molecule has 0 N–H and O–H groups in total. The van der Waals surface area contributed by atoms with Gasteiger partial charge in [-0.3, -0.25) is 9.78 Å². The number of morpholine rings is 1. The number of para-hydroxylation sites is 1. The lowest BCUT2D eigenvalue weighted by Gasteiger charge is -2.34. The largest absolute Gasteiger partial charge is 0.372 e. The highest BCUT2D eigenvalue weighted by Gasteiger charge is 2.24. The van der Waals surface area contributed by atoms with Gasteiger partial charge in [-0.25, -0.2) is 0 Å². The molecule has 1 aliphatic heterocycles. The minimum Gasteiger partial charge on any atom is -0.372 e. The Bertz CT molecular complexity index is 696. The van der Waals surface area contributed by atoms with Crippen LogP contribution >= 0.6 is 0 Å². The van der Waals surface area contributed by atoms with E-state index in [0.717, 1.165) is 16.5 Å². The van der Waals surface area contributed by atoms with E-state index in [0.29, 0.717) is 13.1 Å². The van der Waals surface area contributed by atoms with Gasteiger partial charge in [-0.05, 0) is 26.0 Å². The fraction of sp³-hybridized carbons (Fsp3) is 0.333. The molecule has 1 amide bonds. The molecule has 0 radical (unpaired) electrons. The third-order valence-electron chi connectivity index (χ3n) is 3.80. The Hall–Kier alpha value is -2.20. The van der Waals surface area contributed by atoms with Crippen LogP contribution < -0.4 is 0 Å². The van der Waals surface area contributed by atoms with Crippen molar-refractivity contribution in [2.75, 3.05) is 13.1 Å². The molecule has 1 aliphatic rings. The predicted molar refractivity (Wildman–Crippen MR) is 87.4 cm³/mol. The first kappa shape index (κ1) is 14.7. The number of aromatic nitrogens is 1. The van der Waals surface area contributed by atoms with Gasteiger partial charge < -0.3 is 9.64 Å². The standard InChI is InChI=1S/C18H20N2O2/c1-13-11-20(12-14(2)22-13)17(21)9-8-16-6-3-5-15-7-4-10-19-18(15)16/h3-10,13-14H,11-12H2,1-2H3. The zero-order valence-electron chi connectivity index (χ0n) is 12.9. The SMILES string of the molecule is CC1CN(C(=O)C=Cc2cccc3cccnc23)CC(C)O1. The highest BCUT2D eigenvalue weighted by molar-refractivity contribution is 5.95. The number of amides is 1. The minimum absolute atomic E-state index is 0.0231. The van der Waals surface area contributed by atoms with E-state index >= 15 is 0 Å². The van der Waals surface area contributed by atoms with Gasteiger partial charge in [-0.15, -0.1) is 0 Å². The van der Waals surface area contributed by atoms with Crippen LogP contribution in [0.1, 0.15) is 19.4 Å². The van der Waals surface area contributed by atoms with Gasteiger partial charge in [-0.2, -0.15) is 0 Å². The smallest absolute Gasteiger partial charge is 0.246 e.